The maximum absolute atomic E-state index is 13.0. The zero-order valence-electron chi connectivity index (χ0n) is 17.4. The molecule has 1 aliphatic heterocycles. The first-order chi connectivity index (χ1) is 14.5. The van der Waals surface area contributed by atoms with Crippen LogP contribution in [0.2, 0.25) is 0 Å². The predicted molar refractivity (Wildman–Crippen MR) is 118 cm³/mol. The van der Waals surface area contributed by atoms with E-state index in [9.17, 15) is 4.79 Å². The lowest BCUT2D eigenvalue weighted by atomic mass is 10.1. The van der Waals surface area contributed by atoms with Gasteiger partial charge in [-0.15, -0.1) is 0 Å². The summed E-state index contributed by atoms with van der Waals surface area (Å²) in [7, 11) is 0. The molecule has 3 aromatic heterocycles. The van der Waals surface area contributed by atoms with E-state index in [1.807, 2.05) is 32.3 Å². The van der Waals surface area contributed by atoms with Gasteiger partial charge in [0, 0.05) is 42.9 Å². The van der Waals surface area contributed by atoms with Crippen LogP contribution in [-0.4, -0.2) is 51.2 Å². The van der Waals surface area contributed by atoms with Gasteiger partial charge in [-0.3, -0.25) is 4.79 Å². The summed E-state index contributed by atoms with van der Waals surface area (Å²) in [5.74, 6) is -0.245. The number of carbonyl (C=O) groups is 1. The molecule has 0 radical (unpaired) electrons. The highest BCUT2D eigenvalue weighted by atomic mass is 16.1. The van der Waals surface area contributed by atoms with Crippen molar-refractivity contribution >= 4 is 33.8 Å². The van der Waals surface area contributed by atoms with Crippen LogP contribution in [0.15, 0.2) is 36.7 Å². The Morgan fingerprint density at radius 3 is 2.97 bits per heavy atom. The number of fused-ring (bicyclic) bond motifs is 2. The zero-order chi connectivity index (χ0) is 20.8. The summed E-state index contributed by atoms with van der Waals surface area (Å²) in [6.07, 6.45) is 3.74. The largest absolute Gasteiger partial charge is 0.368 e. The number of carbonyl (C=O) groups excluding carboxylic acids is 1. The molecule has 1 unspecified atom stereocenters. The molecule has 1 saturated heterocycles. The third-order valence-corrected chi connectivity index (χ3v) is 5.62. The molecule has 5 rings (SSSR count). The third-order valence-electron chi connectivity index (χ3n) is 5.62. The van der Waals surface area contributed by atoms with Crippen LogP contribution in [0.25, 0.3) is 16.6 Å². The standard InChI is InChI=1S/C22H25N7O/c1-13-10-18(27-29-12-15(3)25-21(13)29)22(30)26-17-4-5-19(16-6-7-24-20(16)17)28-9-8-23-14(2)11-28/h4-7,10,12,14,23-24H,8-9,11H2,1-3H3,(H,26,30). The fourth-order valence-electron chi connectivity index (χ4n) is 4.21. The van der Waals surface area contributed by atoms with E-state index in [2.05, 4.69) is 49.7 Å². The van der Waals surface area contributed by atoms with Crippen molar-refractivity contribution in [1.29, 1.82) is 0 Å². The van der Waals surface area contributed by atoms with Crippen molar-refractivity contribution < 1.29 is 4.79 Å². The van der Waals surface area contributed by atoms with Gasteiger partial charge in [-0.1, -0.05) is 0 Å². The van der Waals surface area contributed by atoms with Gasteiger partial charge in [0.1, 0.15) is 5.69 Å². The van der Waals surface area contributed by atoms with Crippen molar-refractivity contribution in [2.75, 3.05) is 29.9 Å². The molecule has 0 bridgehead atoms. The second kappa shape index (κ2) is 7.14. The van der Waals surface area contributed by atoms with E-state index in [1.165, 1.54) is 5.69 Å². The molecule has 1 amide bonds. The summed E-state index contributed by atoms with van der Waals surface area (Å²) < 4.78 is 1.67. The number of rotatable bonds is 3. The number of aryl methyl sites for hydroxylation is 2. The van der Waals surface area contributed by atoms with E-state index in [0.29, 0.717) is 11.7 Å². The van der Waals surface area contributed by atoms with Crippen LogP contribution in [0.1, 0.15) is 28.7 Å². The van der Waals surface area contributed by atoms with E-state index < -0.39 is 0 Å². The number of nitrogens with zero attached hydrogens (tertiary/aromatic N) is 4. The second-order valence-electron chi connectivity index (χ2n) is 8.02. The van der Waals surface area contributed by atoms with Crippen molar-refractivity contribution in [1.82, 2.24) is 24.9 Å². The Morgan fingerprint density at radius 1 is 1.27 bits per heavy atom. The predicted octanol–water partition coefficient (Wildman–Crippen LogP) is 2.88. The molecular weight excluding hydrogens is 378 g/mol. The number of hydrogen-bond acceptors (Lipinski definition) is 5. The zero-order valence-corrected chi connectivity index (χ0v) is 17.4. The van der Waals surface area contributed by atoms with Gasteiger partial charge < -0.3 is 20.5 Å². The smallest absolute Gasteiger partial charge is 0.276 e. The maximum atomic E-state index is 13.0. The summed E-state index contributed by atoms with van der Waals surface area (Å²) in [6.45, 7) is 8.93. The first kappa shape index (κ1) is 18.6. The second-order valence-corrected chi connectivity index (χ2v) is 8.02. The van der Waals surface area contributed by atoms with Gasteiger partial charge in [0.2, 0.25) is 0 Å². The summed E-state index contributed by atoms with van der Waals surface area (Å²) in [5, 5.41) is 12.0. The minimum absolute atomic E-state index is 0.245. The monoisotopic (exact) mass is 403 g/mol. The van der Waals surface area contributed by atoms with E-state index in [1.54, 1.807) is 10.6 Å². The van der Waals surface area contributed by atoms with Gasteiger partial charge in [-0.25, -0.2) is 9.50 Å². The fourth-order valence-corrected chi connectivity index (χ4v) is 4.21. The Bertz CT molecular complexity index is 1260. The van der Waals surface area contributed by atoms with Gasteiger partial charge in [0.25, 0.3) is 5.91 Å². The van der Waals surface area contributed by atoms with E-state index in [0.717, 1.165) is 53.1 Å². The molecule has 154 valence electrons. The van der Waals surface area contributed by atoms with Gasteiger partial charge in [0.15, 0.2) is 5.65 Å². The Morgan fingerprint density at radius 2 is 2.13 bits per heavy atom. The van der Waals surface area contributed by atoms with Gasteiger partial charge in [-0.2, -0.15) is 5.10 Å². The maximum Gasteiger partial charge on any atom is 0.276 e. The molecule has 8 heteroatoms. The van der Waals surface area contributed by atoms with Crippen molar-refractivity contribution in [2.45, 2.75) is 26.8 Å². The van der Waals surface area contributed by atoms with Crippen LogP contribution >= 0.6 is 0 Å². The molecule has 3 N–H and O–H groups in total. The molecular formula is C22H25N7O. The van der Waals surface area contributed by atoms with Crippen molar-refractivity contribution in [3.63, 3.8) is 0 Å². The van der Waals surface area contributed by atoms with Crippen LogP contribution in [0, 0.1) is 13.8 Å². The molecule has 4 heterocycles. The number of H-pyrrole nitrogens is 1. The minimum Gasteiger partial charge on any atom is -0.368 e. The highest BCUT2D eigenvalue weighted by molar-refractivity contribution is 6.09. The molecule has 1 aromatic carbocycles. The summed E-state index contributed by atoms with van der Waals surface area (Å²) in [5.41, 5.74) is 5.76. The number of nitrogens with one attached hydrogen (secondary N) is 3. The Balaban J connectivity index is 1.46. The highest BCUT2D eigenvalue weighted by Crippen LogP contribution is 2.32. The molecule has 4 aromatic rings. The van der Waals surface area contributed by atoms with Crippen LogP contribution in [0.3, 0.4) is 0 Å². The van der Waals surface area contributed by atoms with Gasteiger partial charge >= 0.3 is 0 Å². The summed E-state index contributed by atoms with van der Waals surface area (Å²) >= 11 is 0. The number of hydrogen-bond donors (Lipinski definition) is 3. The number of benzene rings is 1. The average Bonchev–Trinajstić information content (AvgIpc) is 3.35. The number of amides is 1. The third kappa shape index (κ3) is 3.19. The minimum atomic E-state index is -0.245. The lowest BCUT2D eigenvalue weighted by Crippen LogP contribution is -2.49. The quantitative estimate of drug-likeness (QED) is 0.489. The Hall–Kier alpha value is -3.39. The van der Waals surface area contributed by atoms with Crippen molar-refractivity contribution in [3.05, 3.63) is 53.6 Å². The SMILES string of the molecule is Cc1cn2nc(C(=O)Nc3ccc(N4CCNC(C)C4)c4cc[nH]c34)cc(C)c2n1. The van der Waals surface area contributed by atoms with Crippen LogP contribution in [0.4, 0.5) is 11.4 Å². The topological polar surface area (TPSA) is 90.4 Å². The van der Waals surface area contributed by atoms with E-state index >= 15 is 0 Å². The number of imidazole rings is 1. The van der Waals surface area contributed by atoms with Crippen LogP contribution in [-0.2, 0) is 0 Å². The number of piperazine rings is 1. The number of aromatic amines is 1. The van der Waals surface area contributed by atoms with E-state index in [-0.39, 0.29) is 5.91 Å². The molecule has 0 saturated carbocycles. The Kier molecular flexibility index (Phi) is 4.43. The molecule has 1 atom stereocenters. The Labute approximate surface area is 174 Å². The molecule has 1 aliphatic rings. The first-order valence-electron chi connectivity index (χ1n) is 10.2. The lowest BCUT2D eigenvalue weighted by molar-refractivity contribution is 0.102. The average molecular weight is 403 g/mol. The van der Waals surface area contributed by atoms with E-state index in [4.69, 9.17) is 0 Å². The van der Waals surface area contributed by atoms with Gasteiger partial charge in [0.05, 0.1) is 23.1 Å². The first-order valence-corrected chi connectivity index (χ1v) is 10.2. The molecule has 8 nitrogen and oxygen atoms in total. The normalized spacial score (nSPS) is 17.0. The van der Waals surface area contributed by atoms with Crippen molar-refractivity contribution in [2.24, 2.45) is 0 Å². The number of aromatic nitrogens is 4. The molecule has 0 aliphatic carbocycles. The molecule has 0 spiro atoms. The fraction of sp³-hybridized carbons (Fsp3) is 0.318. The van der Waals surface area contributed by atoms with Gasteiger partial charge in [-0.05, 0) is 50.6 Å². The van der Waals surface area contributed by atoms with Crippen molar-refractivity contribution in [3.8, 4) is 0 Å². The highest BCUT2D eigenvalue weighted by Gasteiger charge is 2.20. The molecule has 30 heavy (non-hydrogen) atoms. The number of anilines is 2. The lowest BCUT2D eigenvalue weighted by Gasteiger charge is -2.34. The van der Waals surface area contributed by atoms with Crippen LogP contribution in [0.5, 0.6) is 0 Å². The van der Waals surface area contributed by atoms with Crippen LogP contribution < -0.4 is 15.5 Å². The molecule has 1 fully saturated rings. The summed E-state index contributed by atoms with van der Waals surface area (Å²) in [4.78, 5) is 23.1. The summed E-state index contributed by atoms with van der Waals surface area (Å²) in [6, 6.07) is 8.34.